The van der Waals surface area contributed by atoms with Gasteiger partial charge in [-0.3, -0.25) is 9.20 Å². The molecule has 0 aliphatic carbocycles. The fourth-order valence-electron chi connectivity index (χ4n) is 2.34. The Morgan fingerprint density at radius 1 is 1.13 bits per heavy atom. The largest absolute Gasteiger partial charge is 0.293 e. The van der Waals surface area contributed by atoms with E-state index in [1.165, 1.54) is 23.9 Å². The highest BCUT2D eigenvalue weighted by molar-refractivity contribution is 7.99. The van der Waals surface area contributed by atoms with Crippen molar-refractivity contribution in [2.45, 2.75) is 5.16 Å². The average molecular weight is 343 g/mol. The normalized spacial score (nSPS) is 11.3. The van der Waals surface area contributed by atoms with Crippen LogP contribution in [0.1, 0.15) is 10.4 Å². The van der Waals surface area contributed by atoms with E-state index < -0.39 is 5.82 Å². The Bertz CT molecular complexity index is 1020. The monoisotopic (exact) mass is 343 g/mol. The molecule has 0 spiro atoms. The molecule has 0 saturated carbocycles. The number of para-hydroxylation sites is 1. The zero-order valence-corrected chi connectivity index (χ0v) is 13.4. The first-order valence-corrected chi connectivity index (χ1v) is 8.67. The maximum Gasteiger partial charge on any atom is 0.217 e. The van der Waals surface area contributed by atoms with Gasteiger partial charge in [-0.15, -0.1) is 10.2 Å². The van der Waals surface area contributed by atoms with Gasteiger partial charge in [0.25, 0.3) is 0 Å². The second-order valence-corrected chi connectivity index (χ2v) is 6.81. The molecule has 4 nitrogen and oxygen atoms in total. The van der Waals surface area contributed by atoms with Gasteiger partial charge in [-0.1, -0.05) is 47.4 Å². The van der Waals surface area contributed by atoms with Crippen molar-refractivity contribution in [1.82, 2.24) is 14.6 Å². The number of rotatable bonds is 4. The van der Waals surface area contributed by atoms with Gasteiger partial charge in [0, 0.05) is 0 Å². The third-order valence-electron chi connectivity index (χ3n) is 3.42. The highest BCUT2D eigenvalue weighted by atomic mass is 32.2. The zero-order valence-electron chi connectivity index (χ0n) is 11.8. The predicted molar refractivity (Wildman–Crippen MR) is 89.8 cm³/mol. The third-order valence-corrected chi connectivity index (χ3v) is 5.36. The topological polar surface area (TPSA) is 47.3 Å². The molecule has 0 aliphatic rings. The van der Waals surface area contributed by atoms with Crippen LogP contribution in [0.25, 0.3) is 15.2 Å². The first kappa shape index (κ1) is 14.3. The van der Waals surface area contributed by atoms with Crippen LogP contribution in [0, 0.1) is 5.82 Å². The molecule has 23 heavy (non-hydrogen) atoms. The van der Waals surface area contributed by atoms with E-state index >= 15 is 0 Å². The SMILES string of the molecule is O=C(CSc1nnc2sc3ccccc3n12)c1ccccc1F. The number of thiazole rings is 1. The van der Waals surface area contributed by atoms with Gasteiger partial charge in [0.05, 0.1) is 21.5 Å². The molecule has 0 unspecified atom stereocenters. The number of hydrogen-bond donors (Lipinski definition) is 0. The number of aromatic nitrogens is 3. The van der Waals surface area contributed by atoms with Crippen LogP contribution in [-0.4, -0.2) is 26.1 Å². The van der Waals surface area contributed by atoms with Crippen molar-refractivity contribution in [2.24, 2.45) is 0 Å². The number of Topliss-reactive ketones (excluding diaryl/α,β-unsaturated/α-hetero) is 1. The summed E-state index contributed by atoms with van der Waals surface area (Å²) in [6.07, 6.45) is 0. The van der Waals surface area contributed by atoms with Gasteiger partial charge in [-0.05, 0) is 24.3 Å². The molecule has 0 aliphatic heterocycles. The van der Waals surface area contributed by atoms with E-state index in [4.69, 9.17) is 0 Å². The molecule has 0 fully saturated rings. The molecule has 4 rings (SSSR count). The van der Waals surface area contributed by atoms with Crippen molar-refractivity contribution >= 4 is 44.1 Å². The number of hydrogen-bond acceptors (Lipinski definition) is 5. The van der Waals surface area contributed by atoms with Crippen LogP contribution in [0.3, 0.4) is 0 Å². The lowest BCUT2D eigenvalue weighted by molar-refractivity contribution is 0.101. The molecule has 7 heteroatoms. The van der Waals surface area contributed by atoms with Gasteiger partial charge in [0.2, 0.25) is 4.96 Å². The smallest absolute Gasteiger partial charge is 0.217 e. The van der Waals surface area contributed by atoms with Gasteiger partial charge < -0.3 is 0 Å². The van der Waals surface area contributed by atoms with Crippen molar-refractivity contribution in [2.75, 3.05) is 5.75 Å². The Labute approximate surface area is 139 Å². The summed E-state index contributed by atoms with van der Waals surface area (Å²) in [4.78, 5) is 13.0. The molecule has 0 bridgehead atoms. The minimum atomic E-state index is -0.495. The summed E-state index contributed by atoms with van der Waals surface area (Å²) >= 11 is 2.81. The summed E-state index contributed by atoms with van der Waals surface area (Å²) in [5.74, 6) is -0.638. The Hall–Kier alpha value is -2.25. The van der Waals surface area contributed by atoms with Crippen LogP contribution in [-0.2, 0) is 0 Å². The molecular weight excluding hydrogens is 333 g/mol. The van der Waals surface area contributed by atoms with Crippen LogP contribution in [0.4, 0.5) is 4.39 Å². The van der Waals surface area contributed by atoms with E-state index in [1.807, 2.05) is 28.7 Å². The highest BCUT2D eigenvalue weighted by Crippen LogP contribution is 2.29. The molecule has 2 heterocycles. The first-order chi connectivity index (χ1) is 11.2. The zero-order chi connectivity index (χ0) is 15.8. The van der Waals surface area contributed by atoms with Gasteiger partial charge in [-0.2, -0.15) is 0 Å². The molecule has 0 radical (unpaired) electrons. The van der Waals surface area contributed by atoms with Crippen LogP contribution in [0.5, 0.6) is 0 Å². The van der Waals surface area contributed by atoms with E-state index in [-0.39, 0.29) is 17.1 Å². The Morgan fingerprint density at radius 2 is 1.91 bits per heavy atom. The molecule has 0 amide bonds. The van der Waals surface area contributed by atoms with Gasteiger partial charge in [0.15, 0.2) is 10.9 Å². The quantitative estimate of drug-likeness (QED) is 0.414. The number of benzene rings is 2. The van der Waals surface area contributed by atoms with Gasteiger partial charge >= 0.3 is 0 Å². The second kappa shape index (κ2) is 5.75. The fraction of sp³-hybridized carbons (Fsp3) is 0.0625. The molecule has 0 N–H and O–H groups in total. The van der Waals surface area contributed by atoms with Crippen molar-refractivity contribution in [3.05, 3.63) is 59.9 Å². The number of carbonyl (C=O) groups excluding carboxylic acids is 1. The number of halogens is 1. The van der Waals surface area contributed by atoms with E-state index in [1.54, 1.807) is 23.5 Å². The Kier molecular flexibility index (Phi) is 3.59. The summed E-state index contributed by atoms with van der Waals surface area (Å²) in [5, 5.41) is 8.92. The average Bonchev–Trinajstić information content (AvgIpc) is 3.12. The van der Waals surface area contributed by atoms with E-state index in [9.17, 15) is 9.18 Å². The summed E-state index contributed by atoms with van der Waals surface area (Å²) in [6, 6.07) is 13.9. The standard InChI is InChI=1S/C16H10FN3OS2/c17-11-6-2-1-5-10(11)13(21)9-22-15-18-19-16-20(15)12-7-3-4-8-14(12)23-16/h1-8H,9H2. The molecule has 0 atom stereocenters. The van der Waals surface area contributed by atoms with Crippen LogP contribution < -0.4 is 0 Å². The molecule has 0 saturated heterocycles. The van der Waals surface area contributed by atoms with Gasteiger partial charge in [-0.25, -0.2) is 4.39 Å². The lowest BCUT2D eigenvalue weighted by Gasteiger charge is -2.01. The van der Waals surface area contributed by atoms with Crippen molar-refractivity contribution in [3.63, 3.8) is 0 Å². The molecular formula is C16H10FN3OS2. The Morgan fingerprint density at radius 3 is 2.78 bits per heavy atom. The molecule has 2 aromatic heterocycles. The lowest BCUT2D eigenvalue weighted by atomic mass is 10.1. The summed E-state index contributed by atoms with van der Waals surface area (Å²) in [7, 11) is 0. The second-order valence-electron chi connectivity index (χ2n) is 4.86. The lowest BCUT2D eigenvalue weighted by Crippen LogP contribution is -2.05. The summed E-state index contributed by atoms with van der Waals surface area (Å²) in [6.45, 7) is 0. The molecule has 2 aromatic carbocycles. The maximum atomic E-state index is 13.7. The summed E-state index contributed by atoms with van der Waals surface area (Å²) in [5.41, 5.74) is 1.12. The highest BCUT2D eigenvalue weighted by Gasteiger charge is 2.16. The molecule has 4 aromatic rings. The molecule has 114 valence electrons. The number of ketones is 1. The van der Waals surface area contributed by atoms with Gasteiger partial charge in [0.1, 0.15) is 5.82 Å². The maximum absolute atomic E-state index is 13.7. The van der Waals surface area contributed by atoms with E-state index in [0.717, 1.165) is 15.2 Å². The predicted octanol–water partition coefficient (Wildman–Crippen LogP) is 4.06. The van der Waals surface area contributed by atoms with Crippen LogP contribution >= 0.6 is 23.1 Å². The van der Waals surface area contributed by atoms with Crippen molar-refractivity contribution in [1.29, 1.82) is 0 Å². The third kappa shape index (κ3) is 2.51. The minimum Gasteiger partial charge on any atom is -0.293 e. The number of fused-ring (bicyclic) bond motifs is 3. The van der Waals surface area contributed by atoms with E-state index in [0.29, 0.717) is 5.16 Å². The van der Waals surface area contributed by atoms with Crippen molar-refractivity contribution < 1.29 is 9.18 Å². The van der Waals surface area contributed by atoms with Crippen LogP contribution in [0.15, 0.2) is 53.7 Å². The fourth-order valence-corrected chi connectivity index (χ4v) is 4.20. The number of carbonyl (C=O) groups is 1. The van der Waals surface area contributed by atoms with Crippen molar-refractivity contribution in [3.8, 4) is 0 Å². The minimum absolute atomic E-state index is 0.107. The summed E-state index contributed by atoms with van der Waals surface area (Å²) < 4.78 is 16.7. The Balaban J connectivity index is 1.63. The van der Waals surface area contributed by atoms with E-state index in [2.05, 4.69) is 10.2 Å². The van der Waals surface area contributed by atoms with Crippen LogP contribution in [0.2, 0.25) is 0 Å². The first-order valence-electron chi connectivity index (χ1n) is 6.87. The number of thioether (sulfide) groups is 1. The number of nitrogens with zero attached hydrogens (tertiary/aromatic N) is 3.